The lowest BCUT2D eigenvalue weighted by Crippen LogP contribution is -2.57. The van der Waals surface area contributed by atoms with E-state index in [9.17, 15) is 5.11 Å². The third-order valence-electron chi connectivity index (χ3n) is 6.34. The van der Waals surface area contributed by atoms with Crippen LogP contribution in [0.1, 0.15) is 41.5 Å². The van der Waals surface area contributed by atoms with E-state index in [0.717, 1.165) is 57.8 Å². The Hall–Kier alpha value is -2.57. The number of hydrogen-bond donors (Lipinski definition) is 4. The van der Waals surface area contributed by atoms with Gasteiger partial charge >= 0.3 is 0 Å². The third-order valence-corrected chi connectivity index (χ3v) is 6.34. The molecule has 6 nitrogen and oxygen atoms in total. The number of hydrogen-bond acceptors (Lipinski definition) is 6. The first-order valence-electron chi connectivity index (χ1n) is 10.0. The number of nitrogens with two attached hydrogens (primary N) is 2. The van der Waals surface area contributed by atoms with E-state index in [0.29, 0.717) is 12.1 Å². The van der Waals surface area contributed by atoms with Crippen LogP contribution in [0.4, 0.5) is 22.7 Å². The largest absolute Gasteiger partial charge is 0.399 e. The zero-order chi connectivity index (χ0) is 21.3. The second-order valence-corrected chi connectivity index (χ2v) is 7.95. The molecule has 6 heteroatoms. The quantitative estimate of drug-likeness (QED) is 0.459. The minimum atomic E-state index is -0.943. The summed E-state index contributed by atoms with van der Waals surface area (Å²) in [6.07, 6.45) is 1.37. The highest BCUT2D eigenvalue weighted by molar-refractivity contribution is 5.93. The Morgan fingerprint density at radius 2 is 1.62 bits per heavy atom. The first-order valence-corrected chi connectivity index (χ1v) is 10.0. The summed E-state index contributed by atoms with van der Waals surface area (Å²) in [7, 11) is 1.62. The summed E-state index contributed by atoms with van der Waals surface area (Å²) in [5.74, 6) is 0. The van der Waals surface area contributed by atoms with Crippen LogP contribution in [-0.4, -0.2) is 29.8 Å². The Morgan fingerprint density at radius 1 is 1.00 bits per heavy atom. The van der Waals surface area contributed by atoms with Gasteiger partial charge in [-0.1, -0.05) is 0 Å². The molecule has 2 aromatic carbocycles. The highest BCUT2D eigenvalue weighted by Crippen LogP contribution is 2.36. The number of aliphatic hydroxyl groups is 1. The lowest BCUT2D eigenvalue weighted by molar-refractivity contribution is -0.0676. The summed E-state index contributed by atoms with van der Waals surface area (Å²) in [5, 5.41) is 14.7. The molecule has 3 rings (SSSR count). The van der Waals surface area contributed by atoms with E-state index in [2.05, 4.69) is 5.32 Å². The van der Waals surface area contributed by atoms with Gasteiger partial charge in [-0.05, 0) is 93.5 Å². The summed E-state index contributed by atoms with van der Waals surface area (Å²) in [4.78, 5) is 4.81. The summed E-state index contributed by atoms with van der Waals surface area (Å²) in [5.41, 5.74) is 19.1. The molecule has 2 aromatic rings. The molecule has 0 amide bonds. The summed E-state index contributed by atoms with van der Waals surface area (Å²) >= 11 is 0. The maximum Gasteiger partial charge on any atom is 0.169 e. The van der Waals surface area contributed by atoms with Gasteiger partial charge in [0.2, 0.25) is 0 Å². The van der Waals surface area contributed by atoms with Crippen molar-refractivity contribution < 1.29 is 9.84 Å². The smallest absolute Gasteiger partial charge is 0.169 e. The van der Waals surface area contributed by atoms with Crippen LogP contribution < -0.4 is 16.8 Å². The fourth-order valence-corrected chi connectivity index (χ4v) is 3.90. The van der Waals surface area contributed by atoms with E-state index in [1.165, 1.54) is 0 Å². The van der Waals surface area contributed by atoms with E-state index >= 15 is 0 Å². The predicted octanol–water partition coefficient (Wildman–Crippen LogP) is 4.16. The van der Waals surface area contributed by atoms with Crippen LogP contribution in [0.15, 0.2) is 29.3 Å². The van der Waals surface area contributed by atoms with Crippen molar-refractivity contribution in [3.63, 3.8) is 0 Å². The number of aliphatic hydroxyl groups excluding tert-OH is 1. The second kappa shape index (κ2) is 8.05. The zero-order valence-electron chi connectivity index (χ0n) is 18.0. The van der Waals surface area contributed by atoms with E-state index < -0.39 is 11.8 Å². The molecule has 1 aliphatic rings. The van der Waals surface area contributed by atoms with Crippen LogP contribution in [0.2, 0.25) is 0 Å². The summed E-state index contributed by atoms with van der Waals surface area (Å²) in [6, 6.07) is 7.57. The molecular formula is C23H32N4O2. The van der Waals surface area contributed by atoms with Crippen LogP contribution in [-0.2, 0) is 4.74 Å². The molecule has 6 N–H and O–H groups in total. The molecule has 0 saturated heterocycles. The maximum absolute atomic E-state index is 11.3. The monoisotopic (exact) mass is 396 g/mol. The molecule has 2 unspecified atom stereocenters. The molecule has 0 aliphatic heterocycles. The first-order chi connectivity index (χ1) is 13.7. The number of nitrogen functional groups attached to an aromatic ring is 2. The van der Waals surface area contributed by atoms with Crippen LogP contribution in [0.3, 0.4) is 0 Å². The lowest BCUT2D eigenvalue weighted by atomic mass is 9.86. The zero-order valence-corrected chi connectivity index (χ0v) is 18.0. The topological polar surface area (TPSA) is 106 Å². The standard InChI is InChI=1S/C23H32N4O2/c1-13-15(3)19(10-8-17(13)24)26-21-7-6-12-23(29-5,22(21)28)27-20-11-9-18(25)14(2)16(20)4/h8-11,22,27-28H,6-7,12,24-25H2,1-5H3. The number of benzene rings is 2. The van der Waals surface area contributed by atoms with Crippen LogP contribution in [0.5, 0.6) is 0 Å². The van der Waals surface area contributed by atoms with Gasteiger partial charge in [0.15, 0.2) is 5.72 Å². The van der Waals surface area contributed by atoms with E-state index in [-0.39, 0.29) is 0 Å². The van der Waals surface area contributed by atoms with E-state index in [4.69, 9.17) is 21.2 Å². The third kappa shape index (κ3) is 3.82. The number of rotatable bonds is 4. The molecular weight excluding hydrogens is 364 g/mol. The minimum absolute atomic E-state index is 0.673. The van der Waals surface area contributed by atoms with Crippen molar-refractivity contribution >= 4 is 28.5 Å². The molecule has 0 aromatic heterocycles. The number of nitrogens with one attached hydrogen (secondary N) is 1. The molecule has 29 heavy (non-hydrogen) atoms. The number of methoxy groups -OCH3 is 1. The Kier molecular flexibility index (Phi) is 5.87. The molecule has 2 atom stereocenters. The van der Waals surface area contributed by atoms with Crippen LogP contribution in [0, 0.1) is 27.7 Å². The van der Waals surface area contributed by atoms with Crippen molar-refractivity contribution in [2.75, 3.05) is 23.9 Å². The molecule has 156 valence electrons. The van der Waals surface area contributed by atoms with Gasteiger partial charge in [0, 0.05) is 24.2 Å². The van der Waals surface area contributed by atoms with Crippen molar-refractivity contribution in [2.24, 2.45) is 4.99 Å². The van der Waals surface area contributed by atoms with Gasteiger partial charge < -0.3 is 26.6 Å². The number of nitrogens with zero attached hydrogens (tertiary/aromatic N) is 1. The number of anilines is 3. The number of aliphatic imine (C=N–C) groups is 1. The summed E-state index contributed by atoms with van der Waals surface area (Å²) in [6.45, 7) is 8.00. The number of ether oxygens (including phenoxy) is 1. The molecule has 0 spiro atoms. The van der Waals surface area contributed by atoms with Gasteiger partial charge in [0.25, 0.3) is 0 Å². The van der Waals surface area contributed by atoms with Gasteiger partial charge in [-0.2, -0.15) is 0 Å². The normalized spacial score (nSPS) is 23.4. The van der Waals surface area contributed by atoms with Gasteiger partial charge in [-0.25, -0.2) is 0 Å². The molecule has 0 heterocycles. The highest BCUT2D eigenvalue weighted by Gasteiger charge is 2.44. The predicted molar refractivity (Wildman–Crippen MR) is 121 cm³/mol. The molecule has 1 fully saturated rings. The van der Waals surface area contributed by atoms with Crippen molar-refractivity contribution in [1.29, 1.82) is 0 Å². The average molecular weight is 397 g/mol. The van der Waals surface area contributed by atoms with Gasteiger partial charge in [0.05, 0.1) is 11.4 Å². The Labute approximate surface area is 173 Å². The fourth-order valence-electron chi connectivity index (χ4n) is 3.90. The van der Waals surface area contributed by atoms with Crippen molar-refractivity contribution in [3.05, 3.63) is 46.5 Å². The molecule has 0 bridgehead atoms. The molecule has 0 radical (unpaired) electrons. The van der Waals surface area contributed by atoms with Gasteiger partial charge in [-0.15, -0.1) is 0 Å². The van der Waals surface area contributed by atoms with Crippen molar-refractivity contribution in [1.82, 2.24) is 0 Å². The molecule has 1 aliphatic carbocycles. The first kappa shape index (κ1) is 21.1. The van der Waals surface area contributed by atoms with E-state index in [1.54, 1.807) is 7.11 Å². The fraction of sp³-hybridized carbons (Fsp3) is 0.435. The van der Waals surface area contributed by atoms with Crippen LogP contribution >= 0.6 is 0 Å². The lowest BCUT2D eigenvalue weighted by Gasteiger charge is -2.42. The van der Waals surface area contributed by atoms with Gasteiger partial charge in [-0.3, -0.25) is 4.99 Å². The van der Waals surface area contributed by atoms with E-state index in [1.807, 2.05) is 52.0 Å². The Bertz CT molecular complexity index is 954. The van der Waals surface area contributed by atoms with Gasteiger partial charge in [0.1, 0.15) is 6.10 Å². The van der Waals surface area contributed by atoms with Crippen molar-refractivity contribution in [3.8, 4) is 0 Å². The van der Waals surface area contributed by atoms with Crippen LogP contribution in [0.25, 0.3) is 0 Å². The maximum atomic E-state index is 11.3. The van der Waals surface area contributed by atoms with Crippen molar-refractivity contribution in [2.45, 2.75) is 58.8 Å². The average Bonchev–Trinajstić information content (AvgIpc) is 2.71. The SMILES string of the molecule is COC1(Nc2ccc(N)c(C)c2C)CCCC(=Nc2ccc(N)c(C)c2C)C1O. The Morgan fingerprint density at radius 3 is 2.28 bits per heavy atom. The minimum Gasteiger partial charge on any atom is -0.399 e. The summed E-state index contributed by atoms with van der Waals surface area (Å²) < 4.78 is 5.87. The molecule has 1 saturated carbocycles. The second-order valence-electron chi connectivity index (χ2n) is 7.95. The highest BCUT2D eigenvalue weighted by atomic mass is 16.5. The Balaban J connectivity index is 1.97.